The van der Waals surface area contributed by atoms with Crippen LogP contribution in [0.5, 0.6) is 0 Å². The molecule has 0 saturated carbocycles. The highest BCUT2D eigenvalue weighted by atomic mass is 16.3. The molecule has 0 aliphatic carbocycles. The third-order valence-corrected chi connectivity index (χ3v) is 1.15. The van der Waals surface area contributed by atoms with E-state index in [9.17, 15) is 0 Å². The van der Waals surface area contributed by atoms with Gasteiger partial charge < -0.3 is 5.11 Å². The Hall–Kier alpha value is -0.300. The van der Waals surface area contributed by atoms with Crippen molar-refractivity contribution in [2.75, 3.05) is 0 Å². The molecule has 0 aliphatic heterocycles. The average molecular weight is 128 g/mol. The van der Waals surface area contributed by atoms with E-state index in [-0.39, 0.29) is 6.10 Å². The summed E-state index contributed by atoms with van der Waals surface area (Å²) in [4.78, 5) is 0. The molecule has 0 amide bonds. The van der Waals surface area contributed by atoms with Gasteiger partial charge in [-0.3, -0.25) is 0 Å². The molecular formula is C8H16O. The zero-order chi connectivity index (χ0) is 7.11. The number of allylic oxidation sites excluding steroid dienone is 2. The van der Waals surface area contributed by atoms with Gasteiger partial charge in [0.25, 0.3) is 0 Å². The molecule has 54 valence electrons. The molecule has 0 radical (unpaired) electrons. The SMILES string of the molecule is CC/C=C/CC[C@H](C)O. The van der Waals surface area contributed by atoms with Crippen LogP contribution in [0.2, 0.25) is 0 Å². The Morgan fingerprint density at radius 3 is 2.56 bits per heavy atom. The van der Waals surface area contributed by atoms with Crippen molar-refractivity contribution < 1.29 is 5.11 Å². The van der Waals surface area contributed by atoms with Crippen molar-refractivity contribution in [3.63, 3.8) is 0 Å². The smallest absolute Gasteiger partial charge is 0.0515 e. The molecule has 1 atom stereocenters. The molecule has 0 rings (SSSR count). The minimum Gasteiger partial charge on any atom is -0.393 e. The molecule has 0 aromatic carbocycles. The van der Waals surface area contributed by atoms with Crippen LogP contribution in [0.1, 0.15) is 33.1 Å². The second-order valence-corrected chi connectivity index (χ2v) is 2.31. The van der Waals surface area contributed by atoms with Gasteiger partial charge in [-0.2, -0.15) is 0 Å². The molecule has 1 N–H and O–H groups in total. The molecular weight excluding hydrogens is 112 g/mol. The molecule has 1 heteroatoms. The quantitative estimate of drug-likeness (QED) is 0.575. The molecule has 1 nitrogen and oxygen atoms in total. The van der Waals surface area contributed by atoms with Gasteiger partial charge in [-0.1, -0.05) is 19.1 Å². The third-order valence-electron chi connectivity index (χ3n) is 1.15. The number of aliphatic hydroxyl groups excluding tert-OH is 1. The topological polar surface area (TPSA) is 20.2 Å². The number of hydrogen-bond donors (Lipinski definition) is 1. The summed E-state index contributed by atoms with van der Waals surface area (Å²) in [6.45, 7) is 3.93. The van der Waals surface area contributed by atoms with E-state index in [0.717, 1.165) is 19.3 Å². The summed E-state index contributed by atoms with van der Waals surface area (Å²) >= 11 is 0. The first-order valence-electron chi connectivity index (χ1n) is 3.60. The second-order valence-electron chi connectivity index (χ2n) is 2.31. The van der Waals surface area contributed by atoms with Gasteiger partial charge in [-0.25, -0.2) is 0 Å². The van der Waals surface area contributed by atoms with E-state index in [0.29, 0.717) is 0 Å². The highest BCUT2D eigenvalue weighted by Gasteiger charge is 1.89. The lowest BCUT2D eigenvalue weighted by molar-refractivity contribution is 0.186. The second kappa shape index (κ2) is 5.83. The average Bonchev–Trinajstić information content (AvgIpc) is 1.80. The van der Waals surface area contributed by atoms with Crippen molar-refractivity contribution in [1.29, 1.82) is 0 Å². The highest BCUT2D eigenvalue weighted by Crippen LogP contribution is 1.96. The van der Waals surface area contributed by atoms with Crippen LogP contribution in [0.4, 0.5) is 0 Å². The summed E-state index contributed by atoms with van der Waals surface area (Å²) in [5.74, 6) is 0. The van der Waals surface area contributed by atoms with E-state index < -0.39 is 0 Å². The summed E-state index contributed by atoms with van der Waals surface area (Å²) in [7, 11) is 0. The molecule has 0 saturated heterocycles. The summed E-state index contributed by atoms with van der Waals surface area (Å²) in [6.07, 6.45) is 7.09. The van der Waals surface area contributed by atoms with Crippen LogP contribution in [-0.2, 0) is 0 Å². The fourth-order valence-electron chi connectivity index (χ4n) is 0.622. The van der Waals surface area contributed by atoms with E-state index >= 15 is 0 Å². The van der Waals surface area contributed by atoms with E-state index in [1.54, 1.807) is 0 Å². The minimum atomic E-state index is -0.147. The zero-order valence-corrected chi connectivity index (χ0v) is 6.30. The Balaban J connectivity index is 2.99. The number of rotatable bonds is 4. The summed E-state index contributed by atoms with van der Waals surface area (Å²) < 4.78 is 0. The Morgan fingerprint density at radius 2 is 2.11 bits per heavy atom. The first-order valence-corrected chi connectivity index (χ1v) is 3.60. The van der Waals surface area contributed by atoms with Crippen molar-refractivity contribution in [2.24, 2.45) is 0 Å². The van der Waals surface area contributed by atoms with Crippen molar-refractivity contribution in [3.8, 4) is 0 Å². The lowest BCUT2D eigenvalue weighted by Gasteiger charge is -1.97. The maximum absolute atomic E-state index is 8.82. The third kappa shape index (κ3) is 7.70. The Kier molecular flexibility index (Phi) is 5.64. The predicted molar refractivity (Wildman–Crippen MR) is 40.3 cm³/mol. The maximum atomic E-state index is 8.82. The van der Waals surface area contributed by atoms with Crippen molar-refractivity contribution in [1.82, 2.24) is 0 Å². The van der Waals surface area contributed by atoms with E-state index in [1.165, 1.54) is 0 Å². The maximum Gasteiger partial charge on any atom is 0.0515 e. The van der Waals surface area contributed by atoms with Crippen LogP contribution < -0.4 is 0 Å². The fourth-order valence-corrected chi connectivity index (χ4v) is 0.622. The molecule has 0 fully saturated rings. The van der Waals surface area contributed by atoms with Crippen molar-refractivity contribution >= 4 is 0 Å². The molecule has 0 unspecified atom stereocenters. The van der Waals surface area contributed by atoms with Gasteiger partial charge in [0.1, 0.15) is 0 Å². The van der Waals surface area contributed by atoms with Gasteiger partial charge in [-0.15, -0.1) is 0 Å². The first-order chi connectivity index (χ1) is 4.27. The first kappa shape index (κ1) is 8.70. The van der Waals surface area contributed by atoms with Crippen LogP contribution in [0, 0.1) is 0 Å². The molecule has 0 aliphatic rings. The van der Waals surface area contributed by atoms with Crippen LogP contribution in [0.15, 0.2) is 12.2 Å². The van der Waals surface area contributed by atoms with E-state index in [1.807, 2.05) is 6.92 Å². The van der Waals surface area contributed by atoms with Gasteiger partial charge in [0.15, 0.2) is 0 Å². The molecule has 0 bridgehead atoms. The van der Waals surface area contributed by atoms with Gasteiger partial charge >= 0.3 is 0 Å². The Morgan fingerprint density at radius 1 is 1.44 bits per heavy atom. The minimum absolute atomic E-state index is 0.147. The van der Waals surface area contributed by atoms with Gasteiger partial charge in [0, 0.05) is 0 Å². The summed E-state index contributed by atoms with van der Waals surface area (Å²) in [6, 6.07) is 0. The van der Waals surface area contributed by atoms with Crippen LogP contribution in [-0.4, -0.2) is 11.2 Å². The van der Waals surface area contributed by atoms with Crippen molar-refractivity contribution in [2.45, 2.75) is 39.2 Å². The number of aliphatic hydroxyl groups is 1. The number of hydrogen-bond acceptors (Lipinski definition) is 1. The molecule has 9 heavy (non-hydrogen) atoms. The largest absolute Gasteiger partial charge is 0.393 e. The lowest BCUT2D eigenvalue weighted by Crippen LogP contribution is -1.96. The summed E-state index contributed by atoms with van der Waals surface area (Å²) in [5.41, 5.74) is 0. The Labute approximate surface area is 57.4 Å². The van der Waals surface area contributed by atoms with Crippen LogP contribution >= 0.6 is 0 Å². The highest BCUT2D eigenvalue weighted by molar-refractivity contribution is 4.80. The monoisotopic (exact) mass is 128 g/mol. The van der Waals surface area contributed by atoms with Gasteiger partial charge in [0.2, 0.25) is 0 Å². The van der Waals surface area contributed by atoms with Crippen LogP contribution in [0.25, 0.3) is 0 Å². The molecule has 0 aromatic rings. The Bertz CT molecular complexity index is 74.6. The zero-order valence-electron chi connectivity index (χ0n) is 6.30. The van der Waals surface area contributed by atoms with Crippen molar-refractivity contribution in [3.05, 3.63) is 12.2 Å². The normalized spacial score (nSPS) is 14.6. The van der Waals surface area contributed by atoms with E-state index in [4.69, 9.17) is 5.11 Å². The standard InChI is InChI=1S/C8H16O/c1-3-4-5-6-7-8(2)9/h4-5,8-9H,3,6-7H2,1-2H3/b5-4+/t8-/m0/s1. The predicted octanol–water partition coefficient (Wildman–Crippen LogP) is 2.11. The molecule has 0 spiro atoms. The molecule has 0 aromatic heterocycles. The van der Waals surface area contributed by atoms with Crippen LogP contribution in [0.3, 0.4) is 0 Å². The van der Waals surface area contributed by atoms with Gasteiger partial charge in [0.05, 0.1) is 6.10 Å². The lowest BCUT2D eigenvalue weighted by atomic mass is 10.2. The fraction of sp³-hybridized carbons (Fsp3) is 0.750. The molecule has 0 heterocycles. The summed E-state index contributed by atoms with van der Waals surface area (Å²) in [5, 5.41) is 8.82. The van der Waals surface area contributed by atoms with E-state index in [2.05, 4.69) is 19.1 Å². The van der Waals surface area contributed by atoms with Gasteiger partial charge in [-0.05, 0) is 26.2 Å².